The largest absolute Gasteiger partial charge is 0.389 e. The fourth-order valence-electron chi connectivity index (χ4n) is 4.24. The highest BCUT2D eigenvalue weighted by Crippen LogP contribution is 2.52. The number of hydrogen-bond acceptors (Lipinski definition) is 4. The van der Waals surface area contributed by atoms with Crippen molar-refractivity contribution >= 4 is 5.78 Å². The van der Waals surface area contributed by atoms with E-state index >= 15 is 0 Å². The number of rotatable bonds is 10. The Labute approximate surface area is 145 Å². The van der Waals surface area contributed by atoms with Crippen molar-refractivity contribution < 1.29 is 14.6 Å². The Morgan fingerprint density at radius 2 is 2.21 bits per heavy atom. The molecule has 0 aromatic carbocycles. The molecule has 0 saturated heterocycles. The number of ketones is 1. The van der Waals surface area contributed by atoms with Crippen molar-refractivity contribution in [1.82, 2.24) is 0 Å². The second-order valence-corrected chi connectivity index (χ2v) is 7.35. The van der Waals surface area contributed by atoms with Gasteiger partial charge < -0.3 is 9.84 Å². The van der Waals surface area contributed by atoms with E-state index in [-0.39, 0.29) is 23.7 Å². The summed E-state index contributed by atoms with van der Waals surface area (Å²) in [6.07, 6.45) is 12.3. The van der Waals surface area contributed by atoms with Crippen LogP contribution in [-0.4, -0.2) is 29.2 Å². The maximum absolute atomic E-state index is 11.9. The average Bonchev–Trinajstić information content (AvgIpc) is 3.03. The van der Waals surface area contributed by atoms with E-state index < -0.39 is 5.60 Å². The van der Waals surface area contributed by atoms with Crippen LogP contribution >= 0.6 is 0 Å². The number of unbranched alkanes of at least 4 members (excludes halogenated alkanes) is 3. The summed E-state index contributed by atoms with van der Waals surface area (Å²) in [7, 11) is 0. The zero-order chi connectivity index (χ0) is 17.4. The average molecular weight is 333 g/mol. The van der Waals surface area contributed by atoms with Crippen molar-refractivity contribution in [1.29, 1.82) is 5.26 Å². The van der Waals surface area contributed by atoms with Crippen LogP contribution in [0.2, 0.25) is 0 Å². The van der Waals surface area contributed by atoms with E-state index in [4.69, 9.17) is 10.00 Å². The molecular formula is C20H31NO3. The third-order valence-corrected chi connectivity index (χ3v) is 5.60. The smallest absolute Gasteiger partial charge is 0.155 e. The first-order valence-electron chi connectivity index (χ1n) is 9.52. The van der Waals surface area contributed by atoms with Crippen molar-refractivity contribution in [2.45, 2.75) is 82.8 Å². The summed E-state index contributed by atoms with van der Waals surface area (Å²) in [5, 5.41) is 19.7. The topological polar surface area (TPSA) is 70.3 Å². The molecule has 0 amide bonds. The first-order chi connectivity index (χ1) is 11.6. The third-order valence-electron chi connectivity index (χ3n) is 5.60. The fourth-order valence-corrected chi connectivity index (χ4v) is 4.24. The number of ether oxygens (including phenoxy) is 1. The fraction of sp³-hybridized carbons (Fsp3) is 0.800. The Balaban J connectivity index is 1.81. The number of aliphatic hydroxyl groups is 1. The highest BCUT2D eigenvalue weighted by atomic mass is 16.5. The van der Waals surface area contributed by atoms with E-state index in [1.165, 1.54) is 0 Å². The summed E-state index contributed by atoms with van der Waals surface area (Å²) >= 11 is 0. The van der Waals surface area contributed by atoms with E-state index in [2.05, 4.69) is 13.0 Å². The second kappa shape index (κ2) is 9.34. The Morgan fingerprint density at radius 1 is 1.38 bits per heavy atom. The molecule has 2 aliphatic rings. The molecule has 2 fully saturated rings. The van der Waals surface area contributed by atoms with E-state index in [9.17, 15) is 9.90 Å². The van der Waals surface area contributed by atoms with Crippen LogP contribution in [0.25, 0.3) is 0 Å². The van der Waals surface area contributed by atoms with Gasteiger partial charge in [0.25, 0.3) is 0 Å². The lowest BCUT2D eigenvalue weighted by atomic mass is 9.86. The monoisotopic (exact) mass is 333 g/mol. The third kappa shape index (κ3) is 4.91. The van der Waals surface area contributed by atoms with Crippen molar-refractivity contribution in [3.8, 4) is 6.07 Å². The van der Waals surface area contributed by atoms with Crippen molar-refractivity contribution in [2.24, 2.45) is 11.8 Å². The van der Waals surface area contributed by atoms with Crippen molar-refractivity contribution in [3.63, 3.8) is 0 Å². The van der Waals surface area contributed by atoms with Gasteiger partial charge >= 0.3 is 0 Å². The first kappa shape index (κ1) is 19.1. The summed E-state index contributed by atoms with van der Waals surface area (Å²) in [5.74, 6) is 0.534. The Hall–Kier alpha value is -1.18. The van der Waals surface area contributed by atoms with Crippen LogP contribution in [0, 0.1) is 23.2 Å². The molecule has 0 aromatic rings. The van der Waals surface area contributed by atoms with Gasteiger partial charge in [0, 0.05) is 31.8 Å². The highest BCUT2D eigenvalue weighted by Gasteiger charge is 2.54. The number of nitriles is 1. The summed E-state index contributed by atoms with van der Waals surface area (Å²) in [6.45, 7) is 2.73. The predicted molar refractivity (Wildman–Crippen MR) is 93.3 cm³/mol. The summed E-state index contributed by atoms with van der Waals surface area (Å²) in [4.78, 5) is 11.9. The minimum atomic E-state index is -0.708. The molecule has 1 N–H and O–H groups in total. The van der Waals surface area contributed by atoms with Gasteiger partial charge in [-0.25, -0.2) is 0 Å². The quantitative estimate of drug-likeness (QED) is 0.486. The maximum atomic E-state index is 11.9. The first-order valence-corrected chi connectivity index (χ1v) is 9.52. The normalized spacial score (nSPS) is 32.1. The van der Waals surface area contributed by atoms with Crippen LogP contribution in [0.3, 0.4) is 0 Å². The maximum Gasteiger partial charge on any atom is 0.155 e. The van der Waals surface area contributed by atoms with E-state index in [1.807, 2.05) is 6.08 Å². The Morgan fingerprint density at radius 3 is 2.96 bits per heavy atom. The molecule has 0 aliphatic heterocycles. The van der Waals surface area contributed by atoms with Gasteiger partial charge in [-0.15, -0.1) is 0 Å². The number of hydrogen-bond donors (Lipinski definition) is 1. The zero-order valence-corrected chi connectivity index (χ0v) is 14.9. The second-order valence-electron chi connectivity index (χ2n) is 7.35. The molecule has 0 unspecified atom stereocenters. The molecular weight excluding hydrogens is 302 g/mol. The van der Waals surface area contributed by atoms with Gasteiger partial charge in [0.05, 0.1) is 17.8 Å². The number of carbonyl (C=O) groups excluding carboxylic acids is 1. The molecule has 0 radical (unpaired) electrons. The predicted octanol–water partition coefficient (Wildman–Crippen LogP) is 3.93. The van der Waals surface area contributed by atoms with E-state index in [1.54, 1.807) is 6.08 Å². The van der Waals surface area contributed by atoms with Crippen LogP contribution in [0.4, 0.5) is 0 Å². The van der Waals surface area contributed by atoms with Gasteiger partial charge in [0.15, 0.2) is 5.78 Å². The zero-order valence-electron chi connectivity index (χ0n) is 14.9. The van der Waals surface area contributed by atoms with Gasteiger partial charge in [0.2, 0.25) is 0 Å². The molecule has 0 aromatic heterocycles. The summed E-state index contributed by atoms with van der Waals surface area (Å²) in [5.41, 5.74) is -0.708. The molecule has 4 nitrogen and oxygen atoms in total. The lowest BCUT2D eigenvalue weighted by molar-refractivity contribution is -0.114. The lowest BCUT2D eigenvalue weighted by Gasteiger charge is -2.28. The molecule has 4 atom stereocenters. The number of allylic oxidation sites excluding steroid dienone is 1. The highest BCUT2D eigenvalue weighted by molar-refractivity contribution is 5.89. The Kier molecular flexibility index (Phi) is 7.45. The molecule has 4 heteroatoms. The van der Waals surface area contributed by atoms with Crippen molar-refractivity contribution in [2.75, 3.05) is 6.61 Å². The number of carbonyl (C=O) groups is 1. The molecule has 0 bridgehead atoms. The van der Waals surface area contributed by atoms with Gasteiger partial charge in [-0.3, -0.25) is 4.79 Å². The van der Waals surface area contributed by atoms with E-state index in [0.717, 1.165) is 44.9 Å². The van der Waals surface area contributed by atoms with Crippen LogP contribution in [0.1, 0.15) is 71.1 Å². The van der Waals surface area contributed by atoms with E-state index in [0.29, 0.717) is 25.9 Å². The van der Waals surface area contributed by atoms with Gasteiger partial charge in [-0.1, -0.05) is 25.8 Å². The van der Waals surface area contributed by atoms with Gasteiger partial charge in [0.1, 0.15) is 0 Å². The van der Waals surface area contributed by atoms with Crippen LogP contribution in [0.5, 0.6) is 0 Å². The number of nitrogens with zero attached hydrogens (tertiary/aromatic N) is 1. The van der Waals surface area contributed by atoms with Crippen LogP contribution < -0.4 is 0 Å². The summed E-state index contributed by atoms with van der Waals surface area (Å²) in [6, 6.07) is 2.12. The molecule has 134 valence electrons. The standard InChI is InChI=1S/C20H31NO3/c1-2-3-4-7-18(22)11-10-16-8-9-17-14-19(15-20(16,17)23)24-13-6-5-12-21/h10-11,16-17,19,23H,2-9,13-15H2,1H3/t16-,17-,19-,20-/m1/s1. The van der Waals surface area contributed by atoms with Gasteiger partial charge in [-0.05, 0) is 44.1 Å². The summed E-state index contributed by atoms with van der Waals surface area (Å²) < 4.78 is 5.84. The molecule has 2 rings (SSSR count). The lowest BCUT2D eigenvalue weighted by Crippen LogP contribution is -2.35. The van der Waals surface area contributed by atoms with Crippen molar-refractivity contribution in [3.05, 3.63) is 12.2 Å². The minimum absolute atomic E-state index is 0.0744. The molecule has 2 aliphatic carbocycles. The van der Waals surface area contributed by atoms with Crippen LogP contribution in [-0.2, 0) is 9.53 Å². The molecule has 24 heavy (non-hydrogen) atoms. The minimum Gasteiger partial charge on any atom is -0.389 e. The number of fused-ring (bicyclic) bond motifs is 1. The molecule has 0 spiro atoms. The Bertz CT molecular complexity index is 482. The SMILES string of the molecule is CCCCCC(=O)C=C[C@H]1CC[C@@H]2C[C@@H](OCCCC#N)C[C@]21O. The molecule has 0 heterocycles. The van der Waals surface area contributed by atoms with Gasteiger partial charge in [-0.2, -0.15) is 5.26 Å². The molecule has 2 saturated carbocycles. The van der Waals surface area contributed by atoms with Crippen LogP contribution in [0.15, 0.2) is 12.2 Å².